The first-order valence-electron chi connectivity index (χ1n) is 21.2. The van der Waals surface area contributed by atoms with Crippen LogP contribution in [0.1, 0.15) is 245 Å². The largest absolute Gasteiger partial charge is 0.391 e. The highest BCUT2D eigenvalue weighted by Gasteiger charge is 2.27. The summed E-state index contributed by atoms with van der Waals surface area (Å²) in [6.45, 7) is 4.55. The number of carbonyl (C=O) groups excluding carboxylic acids is 1. The van der Waals surface area contributed by atoms with Gasteiger partial charge in [0.05, 0.1) is 12.1 Å². The summed E-state index contributed by atoms with van der Waals surface area (Å²) >= 11 is 0. The van der Waals surface area contributed by atoms with Gasteiger partial charge in [0.15, 0.2) is 5.78 Å². The Morgan fingerprint density at radius 3 is 0.935 bits per heavy atom. The lowest BCUT2D eigenvalue weighted by Crippen LogP contribution is -2.48. The summed E-state index contributed by atoms with van der Waals surface area (Å²) < 4.78 is 0. The summed E-state index contributed by atoms with van der Waals surface area (Å²) in [6.07, 6.45) is 43.9. The van der Waals surface area contributed by atoms with E-state index < -0.39 is 18.2 Å². The number of aliphatic hydroxyl groups is 2. The molecule has 0 aliphatic carbocycles. The van der Waals surface area contributed by atoms with Gasteiger partial charge in [-0.3, -0.25) is 4.79 Å². The van der Waals surface area contributed by atoms with Gasteiger partial charge in [-0.1, -0.05) is 226 Å². The van der Waals surface area contributed by atoms with Crippen LogP contribution in [0.5, 0.6) is 0 Å². The van der Waals surface area contributed by atoms with Gasteiger partial charge in [0.1, 0.15) is 6.10 Å². The van der Waals surface area contributed by atoms with Gasteiger partial charge in [-0.25, -0.2) is 0 Å². The summed E-state index contributed by atoms with van der Waals surface area (Å²) in [6, 6.07) is -0.861. The molecular formula is C42H85NO3. The second-order valence-electron chi connectivity index (χ2n) is 14.9. The van der Waals surface area contributed by atoms with Crippen molar-refractivity contribution in [1.82, 2.24) is 0 Å². The van der Waals surface area contributed by atoms with Crippen LogP contribution in [0.15, 0.2) is 0 Å². The fourth-order valence-corrected chi connectivity index (χ4v) is 6.87. The number of aliphatic hydroxyl groups excluding tert-OH is 2. The van der Waals surface area contributed by atoms with E-state index in [1.165, 1.54) is 186 Å². The minimum atomic E-state index is -1.23. The molecule has 0 aromatic heterocycles. The molecule has 46 heavy (non-hydrogen) atoms. The predicted octanol–water partition coefficient (Wildman–Crippen LogP) is 12.7. The molecule has 0 aliphatic rings. The highest BCUT2D eigenvalue weighted by molar-refractivity contribution is 5.83. The summed E-state index contributed by atoms with van der Waals surface area (Å²) in [4.78, 5) is 12.4. The van der Waals surface area contributed by atoms with Crippen LogP contribution >= 0.6 is 0 Å². The van der Waals surface area contributed by atoms with Crippen molar-refractivity contribution in [2.24, 2.45) is 5.73 Å². The molecule has 3 unspecified atom stereocenters. The van der Waals surface area contributed by atoms with E-state index in [1.807, 2.05) is 0 Å². The first kappa shape index (κ1) is 45.6. The van der Waals surface area contributed by atoms with Gasteiger partial charge in [0.2, 0.25) is 0 Å². The second kappa shape index (κ2) is 37.4. The fraction of sp³-hybridized carbons (Fsp3) is 0.976. The van der Waals surface area contributed by atoms with E-state index in [2.05, 4.69) is 13.8 Å². The predicted molar refractivity (Wildman–Crippen MR) is 203 cm³/mol. The van der Waals surface area contributed by atoms with Crippen LogP contribution in [0.2, 0.25) is 0 Å². The molecule has 276 valence electrons. The normalized spacial score (nSPS) is 13.7. The van der Waals surface area contributed by atoms with Crippen molar-refractivity contribution in [2.45, 2.75) is 263 Å². The summed E-state index contributed by atoms with van der Waals surface area (Å²) in [5, 5.41) is 20.8. The molecule has 0 heterocycles. The molecule has 0 fully saturated rings. The number of unbranched alkanes of at least 4 members (excludes halogenated alkanes) is 32. The Hall–Kier alpha value is -0.450. The maximum atomic E-state index is 12.4. The smallest absolute Gasteiger partial charge is 0.162 e. The van der Waals surface area contributed by atoms with Crippen molar-refractivity contribution in [2.75, 3.05) is 0 Å². The van der Waals surface area contributed by atoms with Gasteiger partial charge in [-0.15, -0.1) is 0 Å². The van der Waals surface area contributed by atoms with Crippen LogP contribution in [0.4, 0.5) is 0 Å². The molecular weight excluding hydrogens is 566 g/mol. The lowest BCUT2D eigenvalue weighted by molar-refractivity contribution is -0.129. The number of Topliss-reactive ketones (excluding diaryl/α,β-unsaturated/α-hetero) is 1. The van der Waals surface area contributed by atoms with Crippen molar-refractivity contribution >= 4 is 5.78 Å². The van der Waals surface area contributed by atoms with Gasteiger partial charge < -0.3 is 15.9 Å². The van der Waals surface area contributed by atoms with Crippen LogP contribution in [0.3, 0.4) is 0 Å². The fourth-order valence-electron chi connectivity index (χ4n) is 6.87. The van der Waals surface area contributed by atoms with Crippen molar-refractivity contribution in [3.05, 3.63) is 0 Å². The summed E-state index contributed by atoms with van der Waals surface area (Å²) in [5.41, 5.74) is 6.06. The van der Waals surface area contributed by atoms with Crippen LogP contribution in [0.25, 0.3) is 0 Å². The number of ketones is 1. The molecule has 4 nitrogen and oxygen atoms in total. The topological polar surface area (TPSA) is 83.5 Å². The maximum absolute atomic E-state index is 12.4. The van der Waals surface area contributed by atoms with E-state index in [1.54, 1.807) is 0 Å². The monoisotopic (exact) mass is 652 g/mol. The number of hydrogen-bond acceptors (Lipinski definition) is 4. The quantitative estimate of drug-likeness (QED) is 0.0577. The standard InChI is InChI=1S/C42H85NO3/c1-3-5-7-9-11-13-15-16-17-18-19-20-21-22-23-24-25-26-28-30-32-34-36-38-40(45)42(46)41(43)39(44)37-35-33-31-29-27-14-12-10-8-6-4-2/h39,41-42,44,46H,3-38,43H2,1-2H3. The Kier molecular flexibility index (Phi) is 37.0. The third-order valence-corrected chi connectivity index (χ3v) is 10.3. The minimum Gasteiger partial charge on any atom is -0.391 e. The molecule has 0 saturated carbocycles. The van der Waals surface area contributed by atoms with E-state index >= 15 is 0 Å². The number of nitrogens with two attached hydrogens (primary N) is 1. The minimum absolute atomic E-state index is 0.200. The molecule has 4 N–H and O–H groups in total. The van der Waals surface area contributed by atoms with Crippen molar-refractivity contribution in [3.63, 3.8) is 0 Å². The Morgan fingerprint density at radius 2 is 0.652 bits per heavy atom. The van der Waals surface area contributed by atoms with E-state index in [-0.39, 0.29) is 5.78 Å². The molecule has 0 saturated heterocycles. The van der Waals surface area contributed by atoms with Gasteiger partial charge in [-0.05, 0) is 12.8 Å². The van der Waals surface area contributed by atoms with E-state index in [9.17, 15) is 15.0 Å². The number of hydrogen-bond donors (Lipinski definition) is 3. The van der Waals surface area contributed by atoms with Gasteiger partial charge in [0.25, 0.3) is 0 Å². The van der Waals surface area contributed by atoms with Crippen molar-refractivity contribution in [3.8, 4) is 0 Å². The highest BCUT2D eigenvalue weighted by Crippen LogP contribution is 2.17. The molecule has 0 aromatic carbocycles. The first-order chi connectivity index (χ1) is 22.5. The molecule has 0 spiro atoms. The second-order valence-corrected chi connectivity index (χ2v) is 14.9. The van der Waals surface area contributed by atoms with Crippen LogP contribution in [-0.4, -0.2) is 34.2 Å². The lowest BCUT2D eigenvalue weighted by Gasteiger charge is -2.23. The Bertz CT molecular complexity index is 597. The zero-order valence-corrected chi connectivity index (χ0v) is 31.6. The van der Waals surface area contributed by atoms with Crippen molar-refractivity contribution < 1.29 is 15.0 Å². The molecule has 0 radical (unpaired) electrons. The van der Waals surface area contributed by atoms with E-state index in [0.717, 1.165) is 32.1 Å². The molecule has 0 aliphatic heterocycles. The molecule has 3 atom stereocenters. The summed E-state index contributed by atoms with van der Waals surface area (Å²) in [5.74, 6) is -0.200. The molecule has 0 bridgehead atoms. The first-order valence-corrected chi connectivity index (χ1v) is 21.2. The third kappa shape index (κ3) is 32.1. The average molecular weight is 652 g/mol. The zero-order valence-electron chi connectivity index (χ0n) is 31.6. The molecule has 0 aromatic rings. The number of carbonyl (C=O) groups is 1. The zero-order chi connectivity index (χ0) is 33.8. The van der Waals surface area contributed by atoms with Crippen LogP contribution in [0, 0.1) is 0 Å². The number of rotatable bonds is 39. The lowest BCUT2D eigenvalue weighted by atomic mass is 9.95. The van der Waals surface area contributed by atoms with Crippen LogP contribution in [-0.2, 0) is 4.79 Å². The van der Waals surface area contributed by atoms with E-state index in [0.29, 0.717) is 12.8 Å². The van der Waals surface area contributed by atoms with E-state index in [4.69, 9.17) is 5.73 Å². The highest BCUT2D eigenvalue weighted by atomic mass is 16.3. The molecule has 0 amide bonds. The van der Waals surface area contributed by atoms with Gasteiger partial charge >= 0.3 is 0 Å². The SMILES string of the molecule is CCCCCCCCCCCCCCCCCCCCCCCCCC(=O)C(O)C(N)C(O)CCCCCCCCCCCCC. The third-order valence-electron chi connectivity index (χ3n) is 10.3. The Balaban J connectivity index is 3.44. The van der Waals surface area contributed by atoms with Crippen molar-refractivity contribution in [1.29, 1.82) is 0 Å². The van der Waals surface area contributed by atoms with Gasteiger partial charge in [0, 0.05) is 6.42 Å². The van der Waals surface area contributed by atoms with Gasteiger partial charge in [-0.2, -0.15) is 0 Å². The van der Waals surface area contributed by atoms with Crippen LogP contribution < -0.4 is 5.73 Å². The average Bonchev–Trinajstić information content (AvgIpc) is 3.06. The summed E-state index contributed by atoms with van der Waals surface area (Å²) in [7, 11) is 0. The molecule has 0 rings (SSSR count). The Morgan fingerprint density at radius 1 is 0.413 bits per heavy atom. The maximum Gasteiger partial charge on any atom is 0.162 e. The molecule has 4 heteroatoms. The Labute approximate surface area is 289 Å².